The zero-order valence-electron chi connectivity index (χ0n) is 15.8. The Morgan fingerprint density at radius 2 is 2.15 bits per heavy atom. The number of nitrogens with zero attached hydrogens (tertiary/aromatic N) is 2. The quantitative estimate of drug-likeness (QED) is 0.767. The second kappa shape index (κ2) is 8.63. The van der Waals surface area contributed by atoms with Crippen LogP contribution in [0.4, 0.5) is 5.69 Å². The Hall–Kier alpha value is -2.25. The highest BCUT2D eigenvalue weighted by atomic mass is 32.1. The van der Waals surface area contributed by atoms with Crippen LogP contribution in [0.25, 0.3) is 0 Å². The van der Waals surface area contributed by atoms with E-state index < -0.39 is 5.54 Å². The molecule has 7 heteroatoms. The van der Waals surface area contributed by atoms with Crippen molar-refractivity contribution in [1.29, 1.82) is 0 Å². The number of para-hydroxylation sites is 1. The summed E-state index contributed by atoms with van der Waals surface area (Å²) in [4.78, 5) is 31.4. The van der Waals surface area contributed by atoms with Crippen molar-refractivity contribution in [3.63, 3.8) is 0 Å². The van der Waals surface area contributed by atoms with E-state index in [1.54, 1.807) is 0 Å². The molecular formula is C20H26N4O2S. The van der Waals surface area contributed by atoms with Gasteiger partial charge in [-0.15, -0.1) is 11.3 Å². The molecular weight excluding hydrogens is 360 g/mol. The summed E-state index contributed by atoms with van der Waals surface area (Å²) in [5.41, 5.74) is 1.20. The molecule has 1 atom stereocenters. The summed E-state index contributed by atoms with van der Waals surface area (Å²) in [7, 11) is 0. The Kier molecular flexibility index (Phi) is 6.23. The Morgan fingerprint density at radius 3 is 2.89 bits per heavy atom. The maximum absolute atomic E-state index is 12.4. The maximum atomic E-state index is 12.4. The van der Waals surface area contributed by atoms with Crippen molar-refractivity contribution in [3.05, 3.63) is 46.4 Å². The van der Waals surface area contributed by atoms with Crippen LogP contribution >= 0.6 is 11.3 Å². The summed E-state index contributed by atoms with van der Waals surface area (Å²) in [5, 5.41) is 8.64. The van der Waals surface area contributed by atoms with Gasteiger partial charge in [-0.25, -0.2) is 4.98 Å². The molecule has 1 unspecified atom stereocenters. The van der Waals surface area contributed by atoms with E-state index in [1.807, 2.05) is 42.6 Å². The fourth-order valence-electron chi connectivity index (χ4n) is 3.46. The van der Waals surface area contributed by atoms with Gasteiger partial charge in [0.15, 0.2) is 0 Å². The Labute approximate surface area is 164 Å². The van der Waals surface area contributed by atoms with Crippen LogP contribution in [0, 0.1) is 0 Å². The minimum atomic E-state index is -0.499. The SMILES string of the molecule is CCCC1(C)C(=O)NCCN1Cc1csc(CC(=O)Nc2ccccc2)n1. The lowest BCUT2D eigenvalue weighted by Gasteiger charge is -2.43. The van der Waals surface area contributed by atoms with Crippen LogP contribution in [0.1, 0.15) is 37.4 Å². The third kappa shape index (κ3) is 4.73. The van der Waals surface area contributed by atoms with Crippen LogP contribution in [0.15, 0.2) is 35.7 Å². The number of benzene rings is 1. The van der Waals surface area contributed by atoms with Crippen molar-refractivity contribution in [1.82, 2.24) is 15.2 Å². The van der Waals surface area contributed by atoms with E-state index in [1.165, 1.54) is 11.3 Å². The van der Waals surface area contributed by atoms with Crippen molar-refractivity contribution < 1.29 is 9.59 Å². The number of carbonyl (C=O) groups is 2. The molecule has 1 saturated heterocycles. The van der Waals surface area contributed by atoms with Gasteiger partial charge in [0.2, 0.25) is 11.8 Å². The van der Waals surface area contributed by atoms with Crippen LogP contribution in [0.2, 0.25) is 0 Å². The lowest BCUT2D eigenvalue weighted by Crippen LogP contribution is -2.62. The lowest BCUT2D eigenvalue weighted by molar-refractivity contribution is -0.137. The highest BCUT2D eigenvalue weighted by Crippen LogP contribution is 2.26. The Bertz CT molecular complexity index is 792. The number of rotatable bonds is 7. The van der Waals surface area contributed by atoms with Gasteiger partial charge in [-0.2, -0.15) is 0 Å². The molecule has 0 spiro atoms. The predicted molar refractivity (Wildman–Crippen MR) is 108 cm³/mol. The zero-order chi connectivity index (χ0) is 19.3. The smallest absolute Gasteiger partial charge is 0.240 e. The first-order valence-electron chi connectivity index (χ1n) is 9.33. The third-order valence-electron chi connectivity index (χ3n) is 4.91. The van der Waals surface area contributed by atoms with Gasteiger partial charge in [0.25, 0.3) is 0 Å². The average molecular weight is 387 g/mol. The maximum Gasteiger partial charge on any atom is 0.240 e. The largest absolute Gasteiger partial charge is 0.353 e. The highest BCUT2D eigenvalue weighted by molar-refractivity contribution is 7.09. The lowest BCUT2D eigenvalue weighted by atomic mass is 9.90. The molecule has 2 N–H and O–H groups in total. The molecule has 1 fully saturated rings. The Morgan fingerprint density at radius 1 is 1.37 bits per heavy atom. The van der Waals surface area contributed by atoms with Crippen molar-refractivity contribution in [3.8, 4) is 0 Å². The topological polar surface area (TPSA) is 74.3 Å². The molecule has 2 aromatic rings. The summed E-state index contributed by atoms with van der Waals surface area (Å²) < 4.78 is 0. The van der Waals surface area contributed by atoms with Gasteiger partial charge in [0, 0.05) is 30.7 Å². The summed E-state index contributed by atoms with van der Waals surface area (Å²) in [6.07, 6.45) is 2.02. The molecule has 3 rings (SSSR count). The molecule has 2 amide bonds. The minimum absolute atomic E-state index is 0.0738. The molecule has 0 saturated carbocycles. The van der Waals surface area contributed by atoms with E-state index in [-0.39, 0.29) is 18.2 Å². The zero-order valence-corrected chi connectivity index (χ0v) is 16.6. The fourth-order valence-corrected chi connectivity index (χ4v) is 4.24. The molecule has 144 valence electrons. The van der Waals surface area contributed by atoms with E-state index >= 15 is 0 Å². The van der Waals surface area contributed by atoms with E-state index in [4.69, 9.17) is 0 Å². The summed E-state index contributed by atoms with van der Waals surface area (Å²) >= 11 is 1.49. The molecule has 27 heavy (non-hydrogen) atoms. The molecule has 6 nitrogen and oxygen atoms in total. The Balaban J connectivity index is 1.61. The van der Waals surface area contributed by atoms with E-state index in [0.717, 1.165) is 35.8 Å². The summed E-state index contributed by atoms with van der Waals surface area (Å²) in [5.74, 6) is 0.0172. The van der Waals surface area contributed by atoms with Crippen LogP contribution < -0.4 is 10.6 Å². The number of piperazine rings is 1. The van der Waals surface area contributed by atoms with Gasteiger partial charge < -0.3 is 10.6 Å². The number of carbonyl (C=O) groups excluding carboxylic acids is 2. The van der Waals surface area contributed by atoms with Crippen LogP contribution in [0.5, 0.6) is 0 Å². The van der Waals surface area contributed by atoms with E-state index in [2.05, 4.69) is 27.4 Å². The molecule has 1 aromatic carbocycles. The molecule has 1 aliphatic heterocycles. The van der Waals surface area contributed by atoms with Crippen molar-refractivity contribution >= 4 is 28.8 Å². The predicted octanol–water partition coefficient (Wildman–Crippen LogP) is 2.81. The number of amides is 2. The standard InChI is InChI=1S/C20H26N4O2S/c1-3-9-20(2)19(26)21-10-11-24(20)13-16-14-27-18(23-16)12-17(25)22-15-7-5-4-6-8-15/h4-8,14H,3,9-13H2,1-2H3,(H,21,26)(H,22,25). The number of hydrogen-bond donors (Lipinski definition) is 2. The molecule has 0 radical (unpaired) electrons. The van der Waals surface area contributed by atoms with Crippen molar-refractivity contribution in [2.45, 2.75) is 45.2 Å². The highest BCUT2D eigenvalue weighted by Gasteiger charge is 2.41. The first kappa shape index (κ1) is 19.5. The van der Waals surface area contributed by atoms with Crippen molar-refractivity contribution in [2.75, 3.05) is 18.4 Å². The average Bonchev–Trinajstić information content (AvgIpc) is 3.07. The summed E-state index contributed by atoms with van der Waals surface area (Å²) in [6.45, 7) is 6.20. The molecule has 2 heterocycles. The third-order valence-corrected chi connectivity index (χ3v) is 5.81. The number of anilines is 1. The molecule has 0 bridgehead atoms. The van der Waals surface area contributed by atoms with Gasteiger partial charge in [-0.3, -0.25) is 14.5 Å². The van der Waals surface area contributed by atoms with Gasteiger partial charge >= 0.3 is 0 Å². The van der Waals surface area contributed by atoms with Crippen LogP contribution in [0.3, 0.4) is 0 Å². The molecule has 0 aliphatic carbocycles. The van der Waals surface area contributed by atoms with Gasteiger partial charge in [0.05, 0.1) is 17.7 Å². The van der Waals surface area contributed by atoms with Gasteiger partial charge in [-0.05, 0) is 25.5 Å². The van der Waals surface area contributed by atoms with Crippen molar-refractivity contribution in [2.24, 2.45) is 0 Å². The molecule has 1 aromatic heterocycles. The second-order valence-corrected chi connectivity index (χ2v) is 7.97. The number of nitrogens with one attached hydrogen (secondary N) is 2. The normalized spacial score (nSPS) is 20.3. The number of hydrogen-bond acceptors (Lipinski definition) is 5. The van der Waals surface area contributed by atoms with Crippen LogP contribution in [-0.2, 0) is 22.6 Å². The second-order valence-electron chi connectivity index (χ2n) is 7.02. The first-order chi connectivity index (χ1) is 13.0. The number of aromatic nitrogens is 1. The molecule has 1 aliphatic rings. The monoisotopic (exact) mass is 386 g/mol. The van der Waals surface area contributed by atoms with Crippen LogP contribution in [-0.4, -0.2) is 40.3 Å². The minimum Gasteiger partial charge on any atom is -0.353 e. The number of thiazole rings is 1. The van der Waals surface area contributed by atoms with Gasteiger partial charge in [0.1, 0.15) is 5.01 Å². The van der Waals surface area contributed by atoms with Gasteiger partial charge in [-0.1, -0.05) is 31.5 Å². The van der Waals surface area contributed by atoms with E-state index in [9.17, 15) is 9.59 Å². The fraction of sp³-hybridized carbons (Fsp3) is 0.450. The summed E-state index contributed by atoms with van der Waals surface area (Å²) in [6, 6.07) is 9.41. The van der Waals surface area contributed by atoms with E-state index in [0.29, 0.717) is 13.1 Å². The first-order valence-corrected chi connectivity index (χ1v) is 10.2.